The molecule has 4 nitrogen and oxygen atoms in total. The van der Waals surface area contributed by atoms with Crippen LogP contribution in [0.25, 0.3) is 0 Å². The Morgan fingerprint density at radius 2 is 1.81 bits per heavy atom. The Labute approximate surface area is 178 Å². The Morgan fingerprint density at radius 1 is 1.15 bits per heavy atom. The van der Waals surface area contributed by atoms with Crippen LogP contribution in [0.4, 0.5) is 5.69 Å². The summed E-state index contributed by atoms with van der Waals surface area (Å²) in [6.07, 6.45) is 0. The molecule has 0 bridgehead atoms. The molecule has 0 unspecified atom stereocenters. The van der Waals surface area contributed by atoms with Gasteiger partial charge >= 0.3 is 0 Å². The number of halogens is 2. The minimum absolute atomic E-state index is 0.245. The lowest BCUT2D eigenvalue weighted by molar-refractivity contribution is 0.633. The van der Waals surface area contributed by atoms with Crippen molar-refractivity contribution in [1.29, 1.82) is 0 Å². The molecule has 0 fully saturated rings. The normalized spacial score (nSPS) is 10.9. The summed E-state index contributed by atoms with van der Waals surface area (Å²) in [6.45, 7) is 2.59. The lowest BCUT2D eigenvalue weighted by Gasteiger charge is -2.17. The van der Waals surface area contributed by atoms with Gasteiger partial charge in [0.05, 0.1) is 6.54 Å². The van der Waals surface area contributed by atoms with Crippen LogP contribution in [-0.2, 0) is 12.3 Å². The molecule has 1 aromatic heterocycles. The quantitative estimate of drug-likeness (QED) is 0.217. The molecule has 0 saturated carbocycles. The lowest BCUT2D eigenvalue weighted by atomic mass is 10.2. The average molecular weight is 542 g/mol. The molecule has 0 saturated heterocycles. The Balaban J connectivity index is 1.97. The van der Waals surface area contributed by atoms with Crippen LogP contribution >= 0.6 is 50.3 Å². The summed E-state index contributed by atoms with van der Waals surface area (Å²) >= 11 is 7.23. The zero-order valence-corrected chi connectivity index (χ0v) is 18.6. The highest BCUT2D eigenvalue weighted by Gasteiger charge is 2.14. The first-order valence-electron chi connectivity index (χ1n) is 7.94. The largest absolute Gasteiger partial charge is 0.398 e. The second kappa shape index (κ2) is 8.58. The van der Waals surface area contributed by atoms with Gasteiger partial charge in [0.2, 0.25) is 0 Å². The summed E-state index contributed by atoms with van der Waals surface area (Å²) in [5, 5.41) is 0.693. The number of hydrogen-bond acceptors (Lipinski definition) is 4. The second-order valence-electron chi connectivity index (χ2n) is 5.76. The van der Waals surface area contributed by atoms with Crippen LogP contribution in [0.5, 0.6) is 0 Å². The average Bonchev–Trinajstić information content (AvgIpc) is 2.63. The molecule has 0 spiro atoms. The van der Waals surface area contributed by atoms with Crippen molar-refractivity contribution in [2.75, 3.05) is 5.73 Å². The van der Waals surface area contributed by atoms with Gasteiger partial charge in [0, 0.05) is 20.7 Å². The molecule has 2 N–H and O–H groups in total. The van der Waals surface area contributed by atoms with E-state index in [1.54, 1.807) is 0 Å². The van der Waals surface area contributed by atoms with E-state index in [1.165, 1.54) is 20.9 Å². The molecule has 3 aromatic rings. The number of anilines is 1. The van der Waals surface area contributed by atoms with Crippen molar-refractivity contribution in [3.05, 3.63) is 83.7 Å². The van der Waals surface area contributed by atoms with Crippen molar-refractivity contribution in [2.24, 2.45) is 0 Å². The summed E-state index contributed by atoms with van der Waals surface area (Å²) in [5.41, 5.74) is 9.64. The third kappa shape index (κ3) is 4.32. The van der Waals surface area contributed by atoms with Gasteiger partial charge in [-0.05, 0) is 68.7 Å². The molecular weight excluding hydrogens is 525 g/mol. The van der Waals surface area contributed by atoms with Crippen LogP contribution < -0.4 is 11.3 Å². The van der Waals surface area contributed by atoms with Crippen molar-refractivity contribution in [1.82, 2.24) is 9.55 Å². The zero-order chi connectivity index (χ0) is 18.7. The van der Waals surface area contributed by atoms with Gasteiger partial charge in [-0.2, -0.15) is 4.98 Å². The first-order chi connectivity index (χ1) is 12.5. The Hall–Kier alpha value is -1.32. The van der Waals surface area contributed by atoms with Crippen LogP contribution in [0.1, 0.15) is 16.8 Å². The van der Waals surface area contributed by atoms with Crippen molar-refractivity contribution in [3.8, 4) is 0 Å². The molecule has 0 atom stereocenters. The summed E-state index contributed by atoms with van der Waals surface area (Å²) in [6, 6.07) is 16.0. The van der Waals surface area contributed by atoms with Crippen LogP contribution in [0.3, 0.4) is 0 Å². The molecule has 2 aromatic carbocycles. The van der Waals surface area contributed by atoms with Gasteiger partial charge in [0.25, 0.3) is 5.56 Å². The third-order valence-electron chi connectivity index (χ3n) is 4.04. The highest BCUT2D eigenvalue weighted by atomic mass is 127. The van der Waals surface area contributed by atoms with Crippen LogP contribution in [0.15, 0.2) is 63.0 Å². The number of nitrogens with zero attached hydrogens (tertiary/aromatic N) is 2. The third-order valence-corrected chi connectivity index (χ3v) is 7.03. The fourth-order valence-corrected chi connectivity index (χ4v) is 4.43. The zero-order valence-electron chi connectivity index (χ0n) is 14.1. The highest BCUT2D eigenvalue weighted by Crippen LogP contribution is 2.27. The van der Waals surface area contributed by atoms with E-state index >= 15 is 0 Å². The van der Waals surface area contributed by atoms with Gasteiger partial charge in [-0.15, -0.1) is 0 Å². The standard InChI is InChI=1S/C19H17BrIN3OS/c1-12-17(20)18(25)23-19(26-11-14-7-3-5-9-16(14)22)24(12)10-13-6-2-4-8-15(13)21/h2-9H,10-11,22H2,1H3. The van der Waals surface area contributed by atoms with Crippen LogP contribution in [0.2, 0.25) is 0 Å². The molecule has 1 heterocycles. The fraction of sp³-hybridized carbons (Fsp3) is 0.158. The van der Waals surface area contributed by atoms with Crippen molar-refractivity contribution in [2.45, 2.75) is 24.4 Å². The smallest absolute Gasteiger partial charge is 0.288 e. The van der Waals surface area contributed by atoms with E-state index in [-0.39, 0.29) is 5.56 Å². The number of rotatable bonds is 5. The van der Waals surface area contributed by atoms with E-state index < -0.39 is 0 Å². The monoisotopic (exact) mass is 541 g/mol. The number of thioether (sulfide) groups is 1. The lowest BCUT2D eigenvalue weighted by Crippen LogP contribution is -2.20. The predicted molar refractivity (Wildman–Crippen MR) is 120 cm³/mol. The minimum atomic E-state index is -0.245. The molecule has 0 aliphatic rings. The van der Waals surface area contributed by atoms with Gasteiger partial charge in [0.1, 0.15) is 4.47 Å². The number of para-hydroxylation sites is 1. The topological polar surface area (TPSA) is 60.9 Å². The summed E-state index contributed by atoms with van der Waals surface area (Å²) in [4.78, 5) is 16.5. The van der Waals surface area contributed by atoms with Crippen molar-refractivity contribution >= 4 is 56.0 Å². The summed E-state index contributed by atoms with van der Waals surface area (Å²) in [7, 11) is 0. The maximum Gasteiger partial charge on any atom is 0.288 e. The number of hydrogen-bond donors (Lipinski definition) is 1. The molecule has 26 heavy (non-hydrogen) atoms. The summed E-state index contributed by atoms with van der Waals surface area (Å²) < 4.78 is 3.77. The van der Waals surface area contributed by atoms with Gasteiger partial charge < -0.3 is 10.3 Å². The first-order valence-corrected chi connectivity index (χ1v) is 10.8. The van der Waals surface area contributed by atoms with Crippen LogP contribution in [-0.4, -0.2) is 9.55 Å². The highest BCUT2D eigenvalue weighted by molar-refractivity contribution is 14.1. The van der Waals surface area contributed by atoms with Gasteiger partial charge in [-0.25, -0.2) is 0 Å². The van der Waals surface area contributed by atoms with Gasteiger partial charge in [-0.1, -0.05) is 48.2 Å². The van der Waals surface area contributed by atoms with E-state index in [9.17, 15) is 4.79 Å². The predicted octanol–water partition coefficient (Wildman–Crippen LogP) is 4.84. The van der Waals surface area contributed by atoms with E-state index in [2.05, 4.69) is 60.2 Å². The molecular formula is C19H17BrIN3OS. The SMILES string of the molecule is Cc1c(Br)c(=O)nc(SCc2ccccc2N)n1Cc1ccccc1I. The Kier molecular flexibility index (Phi) is 6.42. The molecule has 0 aliphatic carbocycles. The van der Waals surface area contributed by atoms with E-state index in [0.29, 0.717) is 21.9 Å². The maximum atomic E-state index is 12.2. The van der Waals surface area contributed by atoms with Gasteiger partial charge in [-0.3, -0.25) is 4.79 Å². The Morgan fingerprint density at radius 3 is 2.50 bits per heavy atom. The number of nitrogen functional groups attached to an aromatic ring is 1. The summed E-state index contributed by atoms with van der Waals surface area (Å²) in [5.74, 6) is 0.659. The number of benzene rings is 2. The molecule has 0 aliphatic heterocycles. The van der Waals surface area contributed by atoms with E-state index in [1.807, 2.05) is 43.3 Å². The molecule has 7 heteroatoms. The fourth-order valence-electron chi connectivity index (χ4n) is 2.51. The number of aromatic nitrogens is 2. The molecule has 134 valence electrons. The number of nitrogens with two attached hydrogens (primary N) is 1. The van der Waals surface area contributed by atoms with Crippen molar-refractivity contribution < 1.29 is 0 Å². The van der Waals surface area contributed by atoms with Crippen LogP contribution in [0, 0.1) is 10.5 Å². The first kappa shape index (κ1) is 19.4. The van der Waals surface area contributed by atoms with Crippen molar-refractivity contribution in [3.63, 3.8) is 0 Å². The molecule has 3 rings (SSSR count). The molecule has 0 amide bonds. The minimum Gasteiger partial charge on any atom is -0.398 e. The maximum absolute atomic E-state index is 12.2. The van der Waals surface area contributed by atoms with E-state index in [0.717, 1.165) is 16.9 Å². The van der Waals surface area contributed by atoms with E-state index in [4.69, 9.17) is 5.73 Å². The molecule has 0 radical (unpaired) electrons. The Bertz CT molecular complexity index is 1010. The van der Waals surface area contributed by atoms with Gasteiger partial charge in [0.15, 0.2) is 5.16 Å². The second-order valence-corrected chi connectivity index (χ2v) is 8.66.